The highest BCUT2D eigenvalue weighted by Crippen LogP contribution is 2.24. The van der Waals surface area contributed by atoms with Crippen LogP contribution in [0.5, 0.6) is 11.5 Å². The summed E-state index contributed by atoms with van der Waals surface area (Å²) in [5.74, 6) is 1.22. The Morgan fingerprint density at radius 1 is 1.21 bits per heavy atom. The molecule has 28 heavy (non-hydrogen) atoms. The van der Waals surface area contributed by atoms with Gasteiger partial charge in [0.25, 0.3) is 0 Å². The van der Waals surface area contributed by atoms with Crippen LogP contribution in [0.2, 0.25) is 0 Å². The van der Waals surface area contributed by atoms with Crippen LogP contribution in [-0.4, -0.2) is 24.8 Å². The Morgan fingerprint density at radius 3 is 2.82 bits per heavy atom. The van der Waals surface area contributed by atoms with E-state index < -0.39 is 5.91 Å². The minimum atomic E-state index is -0.425. The summed E-state index contributed by atoms with van der Waals surface area (Å²) in [6.07, 6.45) is 2.56. The lowest BCUT2D eigenvalue weighted by Crippen LogP contribution is -2.17. The highest BCUT2D eigenvalue weighted by atomic mass is 16.5. The largest absolute Gasteiger partial charge is 0.494 e. The number of amides is 1. The van der Waals surface area contributed by atoms with Crippen LogP contribution in [0, 0.1) is 0 Å². The van der Waals surface area contributed by atoms with Crippen LogP contribution in [0.4, 0.5) is 0 Å². The van der Waals surface area contributed by atoms with Gasteiger partial charge in [-0.3, -0.25) is 4.79 Å². The molecule has 0 saturated heterocycles. The first kappa shape index (κ1) is 19.5. The monoisotopic (exact) mass is 380 g/mol. The molecule has 6 heteroatoms. The molecule has 0 aliphatic carbocycles. The summed E-state index contributed by atoms with van der Waals surface area (Å²) in [7, 11) is 0. The summed E-state index contributed by atoms with van der Waals surface area (Å²) in [4.78, 5) is 12.3. The quantitative estimate of drug-likeness (QED) is 0.451. The molecule has 3 aromatic rings. The standard InChI is InChI=1S/C22H24N2O4/c1-4-15(3)27-19-9-7-6-8-16(19)14-23-24-22(25)21-13-17-12-18(26-5-2)10-11-20(17)28-21/h6-15H,4-5H2,1-3H3,(H,24,25)/b23-14+/t15-/m0/s1. The van der Waals surface area contributed by atoms with Gasteiger partial charge in [0.15, 0.2) is 5.76 Å². The van der Waals surface area contributed by atoms with E-state index in [1.54, 1.807) is 18.3 Å². The van der Waals surface area contributed by atoms with Crippen molar-refractivity contribution in [2.75, 3.05) is 6.61 Å². The molecule has 6 nitrogen and oxygen atoms in total. The first-order valence-corrected chi connectivity index (χ1v) is 9.36. The Kier molecular flexibility index (Phi) is 6.32. The molecule has 1 atom stereocenters. The predicted octanol–water partition coefficient (Wildman–Crippen LogP) is 4.77. The van der Waals surface area contributed by atoms with E-state index in [2.05, 4.69) is 17.5 Å². The lowest BCUT2D eigenvalue weighted by atomic mass is 10.2. The van der Waals surface area contributed by atoms with Crippen molar-refractivity contribution in [1.82, 2.24) is 5.43 Å². The van der Waals surface area contributed by atoms with Crippen LogP contribution in [0.15, 0.2) is 58.0 Å². The van der Waals surface area contributed by atoms with Crippen molar-refractivity contribution in [2.24, 2.45) is 5.10 Å². The van der Waals surface area contributed by atoms with E-state index in [9.17, 15) is 4.79 Å². The molecule has 0 unspecified atom stereocenters. The number of nitrogens with zero attached hydrogens (tertiary/aromatic N) is 1. The topological polar surface area (TPSA) is 73.1 Å². The number of carbonyl (C=O) groups is 1. The van der Waals surface area contributed by atoms with Crippen LogP contribution in [-0.2, 0) is 0 Å². The highest BCUT2D eigenvalue weighted by molar-refractivity contribution is 5.97. The van der Waals surface area contributed by atoms with Crippen molar-refractivity contribution < 1.29 is 18.7 Å². The molecule has 0 radical (unpaired) electrons. The van der Waals surface area contributed by atoms with Crippen molar-refractivity contribution in [2.45, 2.75) is 33.3 Å². The van der Waals surface area contributed by atoms with Gasteiger partial charge in [-0.25, -0.2) is 5.43 Å². The van der Waals surface area contributed by atoms with Gasteiger partial charge in [-0.2, -0.15) is 5.10 Å². The molecule has 0 fully saturated rings. The molecule has 0 bridgehead atoms. The minimum Gasteiger partial charge on any atom is -0.494 e. The van der Waals surface area contributed by atoms with Gasteiger partial charge in [0, 0.05) is 10.9 Å². The van der Waals surface area contributed by atoms with Crippen molar-refractivity contribution in [1.29, 1.82) is 0 Å². The molecular weight excluding hydrogens is 356 g/mol. The molecule has 2 aromatic carbocycles. The van der Waals surface area contributed by atoms with Gasteiger partial charge in [-0.15, -0.1) is 0 Å². The van der Waals surface area contributed by atoms with E-state index in [-0.39, 0.29) is 11.9 Å². The lowest BCUT2D eigenvalue weighted by Gasteiger charge is -2.14. The summed E-state index contributed by atoms with van der Waals surface area (Å²) < 4.78 is 16.9. The maximum Gasteiger partial charge on any atom is 0.307 e. The number of rotatable bonds is 8. The first-order chi connectivity index (χ1) is 13.6. The van der Waals surface area contributed by atoms with Gasteiger partial charge in [0.05, 0.1) is 18.9 Å². The smallest absolute Gasteiger partial charge is 0.307 e. The molecular formula is C22H24N2O4. The molecule has 1 aromatic heterocycles. The number of fused-ring (bicyclic) bond motifs is 1. The van der Waals surface area contributed by atoms with E-state index in [1.165, 1.54) is 0 Å². The number of hydrogen-bond donors (Lipinski definition) is 1. The van der Waals surface area contributed by atoms with Gasteiger partial charge in [0.2, 0.25) is 0 Å². The van der Waals surface area contributed by atoms with Gasteiger partial charge >= 0.3 is 5.91 Å². The van der Waals surface area contributed by atoms with Crippen molar-refractivity contribution in [3.63, 3.8) is 0 Å². The SMILES string of the molecule is CCOc1ccc2oc(C(=O)N/N=C/c3ccccc3O[C@@H](C)CC)cc2c1. The van der Waals surface area contributed by atoms with Crippen LogP contribution >= 0.6 is 0 Å². The van der Waals surface area contributed by atoms with Crippen LogP contribution < -0.4 is 14.9 Å². The second-order valence-corrected chi connectivity index (χ2v) is 6.32. The summed E-state index contributed by atoms with van der Waals surface area (Å²) in [5, 5.41) is 4.84. The van der Waals surface area contributed by atoms with Crippen LogP contribution in [0.25, 0.3) is 11.0 Å². The number of nitrogens with one attached hydrogen (secondary N) is 1. The van der Waals surface area contributed by atoms with E-state index in [4.69, 9.17) is 13.9 Å². The summed E-state index contributed by atoms with van der Waals surface area (Å²) in [5.41, 5.74) is 3.89. The van der Waals surface area contributed by atoms with Crippen molar-refractivity contribution in [3.05, 3.63) is 59.9 Å². The summed E-state index contributed by atoms with van der Waals surface area (Å²) in [6.45, 7) is 6.57. The molecule has 0 saturated carbocycles. The van der Waals surface area contributed by atoms with Gasteiger partial charge in [-0.05, 0) is 56.7 Å². The highest BCUT2D eigenvalue weighted by Gasteiger charge is 2.12. The van der Waals surface area contributed by atoms with E-state index >= 15 is 0 Å². The fraction of sp³-hybridized carbons (Fsp3) is 0.273. The summed E-state index contributed by atoms with van der Waals surface area (Å²) in [6, 6.07) is 14.6. The maximum atomic E-state index is 12.3. The van der Waals surface area contributed by atoms with Crippen LogP contribution in [0.1, 0.15) is 43.3 Å². The zero-order chi connectivity index (χ0) is 19.9. The molecule has 146 valence electrons. The van der Waals surface area contributed by atoms with E-state index in [0.717, 1.165) is 28.9 Å². The van der Waals surface area contributed by atoms with Crippen molar-refractivity contribution >= 4 is 23.1 Å². The number of hydrazone groups is 1. The van der Waals surface area contributed by atoms with Crippen LogP contribution in [0.3, 0.4) is 0 Å². The zero-order valence-corrected chi connectivity index (χ0v) is 16.3. The zero-order valence-electron chi connectivity index (χ0n) is 16.3. The predicted molar refractivity (Wildman–Crippen MR) is 109 cm³/mol. The van der Waals surface area contributed by atoms with Gasteiger partial charge in [0.1, 0.15) is 17.1 Å². The fourth-order valence-corrected chi connectivity index (χ4v) is 2.60. The number of ether oxygens (including phenoxy) is 2. The third-order valence-electron chi connectivity index (χ3n) is 4.21. The number of furan rings is 1. The fourth-order valence-electron chi connectivity index (χ4n) is 2.60. The first-order valence-electron chi connectivity index (χ1n) is 9.36. The number of carbonyl (C=O) groups excluding carboxylic acids is 1. The normalized spacial score (nSPS) is 12.2. The third kappa shape index (κ3) is 4.71. The molecule has 0 aliphatic rings. The van der Waals surface area contributed by atoms with Gasteiger partial charge in [-0.1, -0.05) is 19.1 Å². The Hall–Kier alpha value is -3.28. The van der Waals surface area contributed by atoms with Gasteiger partial charge < -0.3 is 13.9 Å². The molecule has 0 aliphatic heterocycles. The van der Waals surface area contributed by atoms with E-state index in [0.29, 0.717) is 12.2 Å². The van der Waals surface area contributed by atoms with E-state index in [1.807, 2.05) is 50.2 Å². The Labute approximate surface area is 164 Å². The molecule has 1 N–H and O–H groups in total. The number of para-hydroxylation sites is 1. The Balaban J connectivity index is 1.69. The summed E-state index contributed by atoms with van der Waals surface area (Å²) >= 11 is 0. The van der Waals surface area contributed by atoms with Crippen molar-refractivity contribution in [3.8, 4) is 11.5 Å². The minimum absolute atomic E-state index is 0.0984. The Bertz CT molecular complexity index is 978. The Morgan fingerprint density at radius 2 is 2.04 bits per heavy atom. The average molecular weight is 380 g/mol. The molecule has 3 rings (SSSR count). The average Bonchev–Trinajstić information content (AvgIpc) is 3.13. The second kappa shape index (κ2) is 9.08. The third-order valence-corrected chi connectivity index (χ3v) is 4.21. The molecule has 1 heterocycles. The number of benzene rings is 2. The lowest BCUT2D eigenvalue weighted by molar-refractivity contribution is 0.0929. The second-order valence-electron chi connectivity index (χ2n) is 6.32. The maximum absolute atomic E-state index is 12.3. The molecule has 1 amide bonds. The number of hydrogen-bond acceptors (Lipinski definition) is 5. The molecule has 0 spiro atoms.